The van der Waals surface area contributed by atoms with Crippen LogP contribution in [0.2, 0.25) is 0 Å². The maximum absolute atomic E-state index is 12.1. The fourth-order valence-electron chi connectivity index (χ4n) is 2.47. The molecule has 1 saturated heterocycles. The summed E-state index contributed by atoms with van der Waals surface area (Å²) in [6.45, 7) is 1.96. The molecule has 1 atom stereocenters. The van der Waals surface area contributed by atoms with E-state index in [2.05, 4.69) is 10.3 Å². The van der Waals surface area contributed by atoms with Crippen molar-refractivity contribution in [3.8, 4) is 11.3 Å². The van der Waals surface area contributed by atoms with Crippen LogP contribution in [-0.4, -0.2) is 30.8 Å². The second-order valence-electron chi connectivity index (χ2n) is 5.42. The molecule has 1 N–H and O–H groups in total. The van der Waals surface area contributed by atoms with E-state index in [1.165, 1.54) is 0 Å². The first-order valence-electron chi connectivity index (χ1n) is 6.97. The average molecular weight is 336 g/mol. The molecule has 0 unspecified atom stereocenters. The normalized spacial score (nSPS) is 20.0. The Balaban J connectivity index is 1.67. The van der Waals surface area contributed by atoms with Gasteiger partial charge in [-0.2, -0.15) is 0 Å². The van der Waals surface area contributed by atoms with Gasteiger partial charge >= 0.3 is 0 Å². The number of hydrogen-bond donors (Lipinski definition) is 1. The number of aryl methyl sites for hydroxylation is 1. The van der Waals surface area contributed by atoms with Crippen LogP contribution >= 0.6 is 11.3 Å². The van der Waals surface area contributed by atoms with E-state index >= 15 is 0 Å². The summed E-state index contributed by atoms with van der Waals surface area (Å²) in [5.74, 6) is -0.605. The summed E-state index contributed by atoms with van der Waals surface area (Å²) >= 11 is 1.59. The zero-order chi connectivity index (χ0) is 15.7. The summed E-state index contributed by atoms with van der Waals surface area (Å²) in [4.78, 5) is 16.5. The number of carbonyl (C=O) groups is 1. The number of anilines is 1. The minimum Gasteiger partial charge on any atom is -0.326 e. The number of nitrogens with one attached hydrogen (secondary N) is 1. The Morgan fingerprint density at radius 3 is 2.59 bits per heavy atom. The first kappa shape index (κ1) is 15.2. The molecular formula is C15H16N2O3S2. The molecule has 1 fully saturated rings. The lowest BCUT2D eigenvalue weighted by Gasteiger charge is -2.09. The first-order chi connectivity index (χ1) is 10.4. The van der Waals surface area contributed by atoms with E-state index in [0.29, 0.717) is 12.1 Å². The van der Waals surface area contributed by atoms with Crippen molar-refractivity contribution in [2.24, 2.45) is 5.92 Å². The monoisotopic (exact) mass is 336 g/mol. The SMILES string of the molecule is Cc1nc(-c2ccc(NC(=O)[C@@H]3CCS(=O)(=O)C3)cc2)cs1. The summed E-state index contributed by atoms with van der Waals surface area (Å²) < 4.78 is 22.8. The Hall–Kier alpha value is -1.73. The van der Waals surface area contributed by atoms with Crippen molar-refractivity contribution in [3.63, 3.8) is 0 Å². The average Bonchev–Trinajstić information content (AvgIpc) is 3.05. The van der Waals surface area contributed by atoms with Crippen LogP contribution in [0.5, 0.6) is 0 Å². The molecule has 116 valence electrons. The number of hydrogen-bond acceptors (Lipinski definition) is 5. The van der Waals surface area contributed by atoms with E-state index < -0.39 is 15.8 Å². The molecule has 1 aliphatic heterocycles. The van der Waals surface area contributed by atoms with E-state index in [-0.39, 0.29) is 17.4 Å². The molecule has 0 aliphatic carbocycles. The molecular weight excluding hydrogens is 320 g/mol. The van der Waals surface area contributed by atoms with E-state index in [0.717, 1.165) is 16.3 Å². The van der Waals surface area contributed by atoms with Gasteiger partial charge in [-0.05, 0) is 25.5 Å². The summed E-state index contributed by atoms with van der Waals surface area (Å²) in [5, 5.41) is 5.79. The third kappa shape index (κ3) is 3.36. The molecule has 1 amide bonds. The Morgan fingerprint density at radius 1 is 1.32 bits per heavy atom. The minimum absolute atomic E-state index is 0.0466. The first-order valence-corrected chi connectivity index (χ1v) is 9.67. The van der Waals surface area contributed by atoms with Crippen LogP contribution in [0.3, 0.4) is 0 Å². The number of nitrogens with zero attached hydrogens (tertiary/aromatic N) is 1. The molecule has 2 aromatic rings. The zero-order valence-electron chi connectivity index (χ0n) is 12.1. The van der Waals surface area contributed by atoms with Crippen LogP contribution in [0.25, 0.3) is 11.3 Å². The number of carbonyl (C=O) groups excluding carboxylic acids is 1. The fourth-order valence-corrected chi connectivity index (χ4v) is 4.83. The van der Waals surface area contributed by atoms with E-state index in [9.17, 15) is 13.2 Å². The van der Waals surface area contributed by atoms with E-state index in [1.54, 1.807) is 11.3 Å². The lowest BCUT2D eigenvalue weighted by molar-refractivity contribution is -0.119. The molecule has 22 heavy (non-hydrogen) atoms. The molecule has 0 bridgehead atoms. The highest BCUT2D eigenvalue weighted by Crippen LogP contribution is 2.24. The molecule has 1 aromatic heterocycles. The third-order valence-corrected chi connectivity index (χ3v) is 6.21. The highest BCUT2D eigenvalue weighted by Gasteiger charge is 2.32. The molecule has 1 aromatic carbocycles. The van der Waals surface area contributed by atoms with Gasteiger partial charge < -0.3 is 5.32 Å². The minimum atomic E-state index is -3.04. The molecule has 0 radical (unpaired) electrons. The van der Waals surface area contributed by atoms with Gasteiger partial charge in [0.15, 0.2) is 9.84 Å². The molecule has 3 rings (SSSR count). The smallest absolute Gasteiger partial charge is 0.228 e. The van der Waals surface area contributed by atoms with Gasteiger partial charge in [0.1, 0.15) is 0 Å². The van der Waals surface area contributed by atoms with E-state index in [4.69, 9.17) is 0 Å². The van der Waals surface area contributed by atoms with Gasteiger partial charge in [0.25, 0.3) is 0 Å². The molecule has 2 heterocycles. The van der Waals surface area contributed by atoms with Gasteiger partial charge in [0.05, 0.1) is 28.1 Å². The number of thiazole rings is 1. The van der Waals surface area contributed by atoms with Gasteiger partial charge in [-0.1, -0.05) is 12.1 Å². The lowest BCUT2D eigenvalue weighted by atomic mass is 10.1. The Labute approximate surface area is 133 Å². The van der Waals surface area contributed by atoms with E-state index in [1.807, 2.05) is 36.6 Å². The topological polar surface area (TPSA) is 76.1 Å². The number of benzene rings is 1. The molecule has 7 heteroatoms. The van der Waals surface area contributed by atoms with Crippen molar-refractivity contribution in [1.29, 1.82) is 0 Å². The van der Waals surface area contributed by atoms with Crippen LogP contribution in [0.15, 0.2) is 29.6 Å². The van der Waals surface area contributed by atoms with Gasteiger partial charge in [0, 0.05) is 16.6 Å². The highest BCUT2D eigenvalue weighted by atomic mass is 32.2. The number of rotatable bonds is 3. The fraction of sp³-hybridized carbons (Fsp3) is 0.333. The molecule has 0 saturated carbocycles. The zero-order valence-corrected chi connectivity index (χ0v) is 13.7. The quantitative estimate of drug-likeness (QED) is 0.934. The van der Waals surface area contributed by atoms with Crippen molar-refractivity contribution >= 4 is 32.8 Å². The summed E-state index contributed by atoms with van der Waals surface area (Å²) in [5.41, 5.74) is 2.58. The van der Waals surface area contributed by atoms with Gasteiger partial charge in [-0.15, -0.1) is 11.3 Å². The second-order valence-corrected chi connectivity index (χ2v) is 8.71. The number of amides is 1. The Bertz CT molecular complexity index is 794. The standard InChI is InChI=1S/C15H16N2O3S2/c1-10-16-14(8-21-10)11-2-4-13(5-3-11)17-15(18)12-6-7-22(19,20)9-12/h2-5,8,12H,6-7,9H2,1H3,(H,17,18)/t12-/m1/s1. The van der Waals surface area contributed by atoms with Crippen molar-refractivity contribution < 1.29 is 13.2 Å². The van der Waals surface area contributed by atoms with Crippen LogP contribution in [-0.2, 0) is 14.6 Å². The summed E-state index contributed by atoms with van der Waals surface area (Å²) in [6, 6.07) is 7.42. The third-order valence-electron chi connectivity index (χ3n) is 3.67. The second kappa shape index (κ2) is 5.81. The largest absolute Gasteiger partial charge is 0.326 e. The van der Waals surface area contributed by atoms with Crippen molar-refractivity contribution in [2.75, 3.05) is 16.8 Å². The number of aromatic nitrogens is 1. The van der Waals surface area contributed by atoms with Crippen molar-refractivity contribution in [3.05, 3.63) is 34.7 Å². The Morgan fingerprint density at radius 2 is 2.05 bits per heavy atom. The summed E-state index contributed by atoms with van der Waals surface area (Å²) in [7, 11) is -3.04. The predicted octanol–water partition coefficient (Wildman–Crippen LogP) is 2.49. The summed E-state index contributed by atoms with van der Waals surface area (Å²) in [6.07, 6.45) is 0.407. The van der Waals surface area contributed by atoms with Crippen LogP contribution in [0.4, 0.5) is 5.69 Å². The highest BCUT2D eigenvalue weighted by molar-refractivity contribution is 7.91. The maximum atomic E-state index is 12.1. The van der Waals surface area contributed by atoms with Crippen molar-refractivity contribution in [1.82, 2.24) is 4.98 Å². The number of sulfone groups is 1. The maximum Gasteiger partial charge on any atom is 0.228 e. The van der Waals surface area contributed by atoms with Gasteiger partial charge in [-0.25, -0.2) is 13.4 Å². The van der Waals surface area contributed by atoms with Crippen LogP contribution < -0.4 is 5.32 Å². The van der Waals surface area contributed by atoms with Gasteiger partial charge in [-0.3, -0.25) is 4.79 Å². The molecule has 0 spiro atoms. The lowest BCUT2D eigenvalue weighted by Crippen LogP contribution is -2.23. The molecule has 1 aliphatic rings. The Kier molecular flexibility index (Phi) is 4.01. The van der Waals surface area contributed by atoms with Crippen LogP contribution in [0.1, 0.15) is 11.4 Å². The van der Waals surface area contributed by atoms with Crippen molar-refractivity contribution in [2.45, 2.75) is 13.3 Å². The van der Waals surface area contributed by atoms with Gasteiger partial charge in [0.2, 0.25) is 5.91 Å². The predicted molar refractivity (Wildman–Crippen MR) is 87.7 cm³/mol. The van der Waals surface area contributed by atoms with Crippen LogP contribution in [0, 0.1) is 12.8 Å². The molecule has 5 nitrogen and oxygen atoms in total.